The van der Waals surface area contributed by atoms with Crippen LogP contribution in [0, 0.1) is 11.3 Å². The maximum Gasteiger partial charge on any atom is 0.335 e. The summed E-state index contributed by atoms with van der Waals surface area (Å²) in [6.45, 7) is 3.41. The molecule has 0 saturated heterocycles. The first kappa shape index (κ1) is 43.6. The molecule has 0 spiro atoms. The fourth-order valence-corrected chi connectivity index (χ4v) is 5.64. The van der Waals surface area contributed by atoms with Gasteiger partial charge in [0.1, 0.15) is 6.04 Å². The van der Waals surface area contributed by atoms with Crippen molar-refractivity contribution in [3.63, 3.8) is 0 Å². The second-order valence-corrected chi connectivity index (χ2v) is 13.6. The van der Waals surface area contributed by atoms with Gasteiger partial charge in [0.25, 0.3) is 23.6 Å². The first-order chi connectivity index (χ1) is 29.1. The van der Waals surface area contributed by atoms with Crippen LogP contribution < -0.4 is 37.1 Å². The van der Waals surface area contributed by atoms with E-state index in [9.17, 15) is 38.7 Å². The second-order valence-electron chi connectivity index (χ2n) is 13.6. The van der Waals surface area contributed by atoms with Crippen LogP contribution in [0.25, 0.3) is 0 Å². The highest BCUT2D eigenvalue weighted by Crippen LogP contribution is 2.39. The van der Waals surface area contributed by atoms with Crippen molar-refractivity contribution in [2.24, 2.45) is 5.73 Å². The fraction of sp³-hybridized carbons (Fsp3) is 0.136. The Hall–Kier alpha value is -8.52. The smallest absolute Gasteiger partial charge is 0.335 e. The number of hydrogen-bond acceptors (Lipinski definition) is 10. The number of nitrogens with zero attached hydrogens (tertiary/aromatic N) is 1. The monoisotopic (exact) mass is 825 g/mol. The molecule has 0 aliphatic heterocycles. The zero-order valence-electron chi connectivity index (χ0n) is 32.6. The van der Waals surface area contributed by atoms with Crippen LogP contribution in [0.5, 0.6) is 11.5 Å². The number of ether oxygens (including phenoxy) is 1. The topological polar surface area (TPSA) is 279 Å². The number of nitriles is 1. The van der Waals surface area contributed by atoms with Gasteiger partial charge in [0.15, 0.2) is 11.5 Å². The van der Waals surface area contributed by atoms with Gasteiger partial charge in [-0.15, -0.1) is 0 Å². The molecule has 17 heteroatoms. The standard InChI is InChI=1S/C44H39N7O10/c1-24(2)61-38-34(20-19-33(37(38)53)42(57)47-23-26-5-9-30(10-6-26)44(59)60)50-40(55)28-13-17-32(18-14-28)49-43(58)35(21-36(46)52)51-41(56)29-11-15-31(16-12-29)48-39(54)27-7-3-25(22-45)4-8-27/h3-20,24,35,53H,21,23H2,1-2H3,(H2,46,52)(H,47,57)(H,48,54)(H,49,58)(H,50,55)(H,51,56)(H,59,60). The largest absolute Gasteiger partial charge is 0.504 e. The summed E-state index contributed by atoms with van der Waals surface area (Å²) in [5, 5.41) is 42.2. The van der Waals surface area contributed by atoms with E-state index in [1.54, 1.807) is 26.0 Å². The Morgan fingerprint density at radius 2 is 1.20 bits per heavy atom. The number of carbonyl (C=O) groups excluding carboxylic acids is 6. The van der Waals surface area contributed by atoms with Crippen LogP contribution in [-0.4, -0.2) is 63.8 Å². The van der Waals surface area contributed by atoms with E-state index in [4.69, 9.17) is 20.8 Å². The molecule has 0 bridgehead atoms. The minimum absolute atomic E-state index is 0.0373. The molecule has 0 saturated carbocycles. The molecule has 0 radical (unpaired) electrons. The number of hydrogen-bond donors (Lipinski definition) is 8. The van der Waals surface area contributed by atoms with Crippen molar-refractivity contribution in [1.82, 2.24) is 10.6 Å². The van der Waals surface area contributed by atoms with Crippen molar-refractivity contribution in [2.75, 3.05) is 16.0 Å². The second kappa shape index (κ2) is 19.8. The molecule has 61 heavy (non-hydrogen) atoms. The Morgan fingerprint density at radius 1 is 0.672 bits per heavy atom. The molecule has 0 aromatic heterocycles. The van der Waals surface area contributed by atoms with Gasteiger partial charge in [-0.2, -0.15) is 5.26 Å². The molecule has 310 valence electrons. The van der Waals surface area contributed by atoms with E-state index in [0.717, 1.165) is 0 Å². The molecule has 0 aliphatic carbocycles. The van der Waals surface area contributed by atoms with Crippen LogP contribution in [-0.2, 0) is 16.1 Å². The zero-order valence-corrected chi connectivity index (χ0v) is 32.6. The summed E-state index contributed by atoms with van der Waals surface area (Å²) in [5.74, 6) is -5.83. The van der Waals surface area contributed by atoms with E-state index in [1.165, 1.54) is 97.1 Å². The predicted molar refractivity (Wildman–Crippen MR) is 222 cm³/mol. The van der Waals surface area contributed by atoms with Gasteiger partial charge in [-0.3, -0.25) is 28.8 Å². The summed E-state index contributed by atoms with van der Waals surface area (Å²) in [7, 11) is 0. The minimum atomic E-state index is -1.38. The van der Waals surface area contributed by atoms with Crippen LogP contribution in [0.1, 0.15) is 83.2 Å². The molecule has 1 unspecified atom stereocenters. The number of aromatic carboxylic acids is 1. The molecule has 0 fully saturated rings. The average molecular weight is 826 g/mol. The fourth-order valence-electron chi connectivity index (χ4n) is 5.64. The third-order valence-electron chi connectivity index (χ3n) is 8.75. The van der Waals surface area contributed by atoms with Gasteiger partial charge >= 0.3 is 5.97 Å². The van der Waals surface area contributed by atoms with Crippen molar-refractivity contribution in [3.05, 3.63) is 148 Å². The Morgan fingerprint density at radius 3 is 1.74 bits per heavy atom. The number of primary amides is 1. The summed E-state index contributed by atoms with van der Waals surface area (Å²) in [6.07, 6.45) is -1.01. The van der Waals surface area contributed by atoms with Crippen LogP contribution in [0.4, 0.5) is 17.1 Å². The molecule has 1 atom stereocenters. The normalized spacial score (nSPS) is 11.0. The van der Waals surface area contributed by atoms with Crippen molar-refractivity contribution >= 4 is 58.5 Å². The first-order valence-corrected chi connectivity index (χ1v) is 18.5. The lowest BCUT2D eigenvalue weighted by atomic mass is 10.1. The zero-order chi connectivity index (χ0) is 44.2. The number of anilines is 3. The molecule has 5 rings (SSSR count). The number of phenols is 1. The maximum atomic E-state index is 13.3. The minimum Gasteiger partial charge on any atom is -0.504 e. The molecule has 9 N–H and O–H groups in total. The van der Waals surface area contributed by atoms with Gasteiger partial charge in [0, 0.05) is 34.6 Å². The van der Waals surface area contributed by atoms with E-state index in [1.807, 2.05) is 6.07 Å². The number of rotatable bonds is 16. The lowest BCUT2D eigenvalue weighted by Crippen LogP contribution is -2.46. The molecule has 0 heterocycles. The van der Waals surface area contributed by atoms with E-state index >= 15 is 0 Å². The number of carboxylic acids is 1. The van der Waals surface area contributed by atoms with Crippen molar-refractivity contribution in [1.29, 1.82) is 5.26 Å². The third kappa shape index (κ3) is 11.8. The van der Waals surface area contributed by atoms with Crippen LogP contribution in [0.15, 0.2) is 109 Å². The number of nitrogens with one attached hydrogen (secondary N) is 5. The van der Waals surface area contributed by atoms with Gasteiger partial charge in [0.2, 0.25) is 11.8 Å². The first-order valence-electron chi connectivity index (χ1n) is 18.5. The summed E-state index contributed by atoms with van der Waals surface area (Å²) in [5.41, 5.74) is 7.55. The SMILES string of the molecule is CC(C)Oc1c(NC(=O)c2ccc(NC(=O)C(CC(N)=O)NC(=O)c3ccc(NC(=O)c4ccc(C#N)cc4)cc3)cc2)ccc(C(=O)NCc2ccc(C(=O)O)cc2)c1O. The summed E-state index contributed by atoms with van der Waals surface area (Å²) < 4.78 is 5.78. The van der Waals surface area contributed by atoms with Gasteiger partial charge in [-0.05, 0) is 116 Å². The summed E-state index contributed by atoms with van der Waals surface area (Å²) in [6, 6.07) is 26.6. The van der Waals surface area contributed by atoms with E-state index in [2.05, 4.69) is 26.6 Å². The maximum absolute atomic E-state index is 13.3. The van der Waals surface area contributed by atoms with E-state index in [0.29, 0.717) is 22.4 Å². The lowest BCUT2D eigenvalue weighted by Gasteiger charge is -2.19. The molecule has 5 aromatic carbocycles. The number of aromatic hydroxyl groups is 1. The molecular weight excluding hydrogens is 787 g/mol. The highest BCUT2D eigenvalue weighted by molar-refractivity contribution is 6.08. The Labute approximate surface area is 348 Å². The van der Waals surface area contributed by atoms with Gasteiger partial charge in [-0.1, -0.05) is 12.1 Å². The van der Waals surface area contributed by atoms with Crippen molar-refractivity contribution in [3.8, 4) is 17.6 Å². The molecule has 17 nitrogen and oxygen atoms in total. The van der Waals surface area contributed by atoms with E-state index < -0.39 is 65.7 Å². The quantitative estimate of drug-likeness (QED) is 0.0669. The predicted octanol–water partition coefficient (Wildman–Crippen LogP) is 4.80. The third-order valence-corrected chi connectivity index (χ3v) is 8.75. The van der Waals surface area contributed by atoms with Crippen molar-refractivity contribution in [2.45, 2.75) is 39.0 Å². The van der Waals surface area contributed by atoms with Crippen LogP contribution in [0.2, 0.25) is 0 Å². The molecule has 0 aliphatic rings. The Kier molecular flexibility index (Phi) is 14.1. The number of carboxylic acid groups (broad SMARTS) is 1. The molecular formula is C44H39N7O10. The van der Waals surface area contributed by atoms with E-state index in [-0.39, 0.29) is 45.9 Å². The Balaban J connectivity index is 1.20. The summed E-state index contributed by atoms with van der Waals surface area (Å²) >= 11 is 0. The number of nitrogens with two attached hydrogens (primary N) is 1. The van der Waals surface area contributed by atoms with Crippen molar-refractivity contribution < 1.29 is 48.5 Å². The van der Waals surface area contributed by atoms with Gasteiger partial charge in [0.05, 0.1) is 41.0 Å². The molecule has 5 aromatic rings. The highest BCUT2D eigenvalue weighted by atomic mass is 16.5. The highest BCUT2D eigenvalue weighted by Gasteiger charge is 2.25. The van der Waals surface area contributed by atoms with Gasteiger partial charge < -0.3 is 47.3 Å². The number of phenolic OH excluding ortho intramolecular Hbond substituents is 1. The summed E-state index contributed by atoms with van der Waals surface area (Å²) in [4.78, 5) is 88.2. The van der Waals surface area contributed by atoms with Gasteiger partial charge in [-0.25, -0.2) is 4.79 Å². The average Bonchev–Trinajstić information content (AvgIpc) is 3.24. The molecule has 6 amide bonds. The number of amides is 6. The van der Waals surface area contributed by atoms with Crippen LogP contribution in [0.3, 0.4) is 0 Å². The number of benzene rings is 5. The Bertz CT molecular complexity index is 2520. The van der Waals surface area contributed by atoms with Crippen LogP contribution >= 0.6 is 0 Å². The lowest BCUT2D eigenvalue weighted by molar-refractivity contribution is -0.123. The number of carbonyl (C=O) groups is 7.